The monoisotopic (exact) mass is 206 g/mol. The van der Waals surface area contributed by atoms with Crippen molar-refractivity contribution in [2.24, 2.45) is 5.41 Å². The maximum absolute atomic E-state index is 8.81. The molecule has 0 aliphatic carbocycles. The van der Waals surface area contributed by atoms with Crippen LogP contribution in [0.15, 0.2) is 22.8 Å². The van der Waals surface area contributed by atoms with Crippen LogP contribution in [0.2, 0.25) is 0 Å². The van der Waals surface area contributed by atoms with Gasteiger partial charge in [-0.25, -0.2) is 0 Å². The Morgan fingerprint density at radius 1 is 1.47 bits per heavy atom. The van der Waals surface area contributed by atoms with E-state index >= 15 is 0 Å². The number of hydrogen-bond acceptors (Lipinski definition) is 3. The average molecular weight is 206 g/mol. The minimum Gasteiger partial charge on any atom is -0.469 e. The van der Waals surface area contributed by atoms with Gasteiger partial charge in [-0.2, -0.15) is 5.26 Å². The molecule has 82 valence electrons. The van der Waals surface area contributed by atoms with E-state index in [1.165, 1.54) is 0 Å². The van der Waals surface area contributed by atoms with Gasteiger partial charge in [-0.3, -0.25) is 0 Å². The first-order chi connectivity index (χ1) is 7.14. The SMILES string of the molecule is CC(C)(C#N)CCNCCc1ccco1. The average Bonchev–Trinajstić information content (AvgIpc) is 2.70. The largest absolute Gasteiger partial charge is 0.469 e. The molecule has 0 bridgehead atoms. The van der Waals surface area contributed by atoms with Crippen molar-refractivity contribution in [1.82, 2.24) is 5.32 Å². The molecule has 1 aromatic rings. The van der Waals surface area contributed by atoms with E-state index in [0.29, 0.717) is 0 Å². The van der Waals surface area contributed by atoms with Gasteiger partial charge in [0.1, 0.15) is 5.76 Å². The van der Waals surface area contributed by atoms with Crippen molar-refractivity contribution >= 4 is 0 Å². The summed E-state index contributed by atoms with van der Waals surface area (Å²) in [5, 5.41) is 12.1. The summed E-state index contributed by atoms with van der Waals surface area (Å²) in [6, 6.07) is 6.16. The molecule has 3 heteroatoms. The molecule has 3 nitrogen and oxygen atoms in total. The molecule has 0 spiro atoms. The van der Waals surface area contributed by atoms with Crippen LogP contribution in [0, 0.1) is 16.7 Å². The zero-order valence-corrected chi connectivity index (χ0v) is 9.42. The normalized spacial score (nSPS) is 11.3. The Balaban J connectivity index is 2.06. The molecule has 1 rings (SSSR count). The van der Waals surface area contributed by atoms with Crippen molar-refractivity contribution in [1.29, 1.82) is 5.26 Å². The van der Waals surface area contributed by atoms with E-state index in [2.05, 4.69) is 11.4 Å². The third kappa shape index (κ3) is 4.66. The number of hydrogen-bond donors (Lipinski definition) is 1. The topological polar surface area (TPSA) is 49.0 Å². The highest BCUT2D eigenvalue weighted by Gasteiger charge is 2.15. The molecule has 1 heterocycles. The molecule has 0 atom stereocenters. The van der Waals surface area contributed by atoms with Crippen LogP contribution < -0.4 is 5.32 Å². The van der Waals surface area contributed by atoms with Gasteiger partial charge >= 0.3 is 0 Å². The van der Waals surface area contributed by atoms with E-state index in [4.69, 9.17) is 9.68 Å². The van der Waals surface area contributed by atoms with Gasteiger partial charge in [0.2, 0.25) is 0 Å². The lowest BCUT2D eigenvalue weighted by Crippen LogP contribution is -2.23. The minimum absolute atomic E-state index is 0.225. The summed E-state index contributed by atoms with van der Waals surface area (Å²) in [5.74, 6) is 1.00. The first-order valence-corrected chi connectivity index (χ1v) is 5.28. The Labute approximate surface area is 91.1 Å². The van der Waals surface area contributed by atoms with Crippen molar-refractivity contribution in [3.63, 3.8) is 0 Å². The Hall–Kier alpha value is -1.27. The van der Waals surface area contributed by atoms with E-state index in [1.54, 1.807) is 6.26 Å². The van der Waals surface area contributed by atoms with Crippen molar-refractivity contribution < 1.29 is 4.42 Å². The van der Waals surface area contributed by atoms with E-state index in [9.17, 15) is 0 Å². The summed E-state index contributed by atoms with van der Waals surface area (Å²) in [4.78, 5) is 0. The highest BCUT2D eigenvalue weighted by Crippen LogP contribution is 2.16. The van der Waals surface area contributed by atoms with Gasteiger partial charge in [0.15, 0.2) is 0 Å². The van der Waals surface area contributed by atoms with Crippen molar-refractivity contribution in [2.75, 3.05) is 13.1 Å². The molecule has 0 aromatic carbocycles. The molecule has 0 aliphatic heterocycles. The highest BCUT2D eigenvalue weighted by molar-refractivity contribution is 4.98. The van der Waals surface area contributed by atoms with Crippen LogP contribution in [0.3, 0.4) is 0 Å². The summed E-state index contributed by atoms with van der Waals surface area (Å²) in [6.45, 7) is 5.69. The van der Waals surface area contributed by atoms with Gasteiger partial charge in [-0.15, -0.1) is 0 Å². The number of nitrogens with one attached hydrogen (secondary N) is 1. The van der Waals surface area contributed by atoms with Gasteiger partial charge in [0, 0.05) is 13.0 Å². The molecule has 15 heavy (non-hydrogen) atoms. The van der Waals surface area contributed by atoms with Crippen LogP contribution in [0.1, 0.15) is 26.0 Å². The minimum atomic E-state index is -0.225. The van der Waals surface area contributed by atoms with Crippen molar-refractivity contribution in [3.05, 3.63) is 24.2 Å². The maximum atomic E-state index is 8.81. The van der Waals surface area contributed by atoms with Gasteiger partial charge in [-0.05, 0) is 38.9 Å². The first kappa shape index (κ1) is 11.8. The summed E-state index contributed by atoms with van der Waals surface area (Å²) in [7, 11) is 0. The molecular formula is C12H18N2O. The molecule has 0 fully saturated rings. The van der Waals surface area contributed by atoms with Gasteiger partial charge in [0.25, 0.3) is 0 Å². The fraction of sp³-hybridized carbons (Fsp3) is 0.583. The van der Waals surface area contributed by atoms with Crippen LogP contribution >= 0.6 is 0 Å². The number of furan rings is 1. The van der Waals surface area contributed by atoms with E-state index in [1.807, 2.05) is 26.0 Å². The zero-order chi connectivity index (χ0) is 11.1. The molecule has 0 saturated heterocycles. The number of rotatable bonds is 6. The lowest BCUT2D eigenvalue weighted by atomic mass is 9.91. The lowest BCUT2D eigenvalue weighted by molar-refractivity contribution is 0.428. The molecule has 1 aromatic heterocycles. The third-order valence-corrected chi connectivity index (χ3v) is 2.36. The molecule has 1 N–H and O–H groups in total. The first-order valence-electron chi connectivity index (χ1n) is 5.28. The number of nitrogens with zero attached hydrogens (tertiary/aromatic N) is 1. The second-order valence-electron chi connectivity index (χ2n) is 4.33. The van der Waals surface area contributed by atoms with Crippen LogP contribution in [-0.2, 0) is 6.42 Å². The Morgan fingerprint density at radius 2 is 2.27 bits per heavy atom. The van der Waals surface area contributed by atoms with Crippen LogP contribution in [0.4, 0.5) is 0 Å². The summed E-state index contributed by atoms with van der Waals surface area (Å²) >= 11 is 0. The molecule has 0 radical (unpaired) electrons. The second kappa shape index (κ2) is 5.57. The summed E-state index contributed by atoms with van der Waals surface area (Å²) in [5.41, 5.74) is -0.225. The summed E-state index contributed by atoms with van der Waals surface area (Å²) < 4.78 is 5.21. The molecule has 0 unspecified atom stereocenters. The molecule has 0 amide bonds. The van der Waals surface area contributed by atoms with E-state index in [0.717, 1.165) is 31.7 Å². The highest BCUT2D eigenvalue weighted by atomic mass is 16.3. The fourth-order valence-electron chi connectivity index (χ4n) is 1.25. The Bertz CT molecular complexity index is 309. The van der Waals surface area contributed by atoms with Crippen LogP contribution in [0.25, 0.3) is 0 Å². The zero-order valence-electron chi connectivity index (χ0n) is 9.42. The van der Waals surface area contributed by atoms with Gasteiger partial charge < -0.3 is 9.73 Å². The lowest BCUT2D eigenvalue weighted by Gasteiger charge is -2.14. The fourth-order valence-corrected chi connectivity index (χ4v) is 1.25. The van der Waals surface area contributed by atoms with E-state index < -0.39 is 0 Å². The second-order valence-corrected chi connectivity index (χ2v) is 4.33. The smallest absolute Gasteiger partial charge is 0.105 e. The molecule has 0 saturated carbocycles. The maximum Gasteiger partial charge on any atom is 0.105 e. The predicted molar refractivity (Wildman–Crippen MR) is 59.3 cm³/mol. The molecular weight excluding hydrogens is 188 g/mol. The number of nitriles is 1. The Morgan fingerprint density at radius 3 is 2.87 bits per heavy atom. The van der Waals surface area contributed by atoms with Gasteiger partial charge in [-0.1, -0.05) is 0 Å². The molecule has 0 aliphatic rings. The summed E-state index contributed by atoms with van der Waals surface area (Å²) in [6.07, 6.45) is 3.47. The van der Waals surface area contributed by atoms with Crippen LogP contribution in [-0.4, -0.2) is 13.1 Å². The van der Waals surface area contributed by atoms with Gasteiger partial charge in [0.05, 0.1) is 17.7 Å². The van der Waals surface area contributed by atoms with E-state index in [-0.39, 0.29) is 5.41 Å². The Kier molecular flexibility index (Phi) is 4.38. The van der Waals surface area contributed by atoms with Crippen molar-refractivity contribution in [2.45, 2.75) is 26.7 Å². The quantitative estimate of drug-likeness (QED) is 0.727. The standard InChI is InChI=1S/C12H18N2O/c1-12(2,10-13)6-8-14-7-5-11-4-3-9-15-11/h3-4,9,14H,5-8H2,1-2H3. The van der Waals surface area contributed by atoms with Crippen molar-refractivity contribution in [3.8, 4) is 6.07 Å². The van der Waals surface area contributed by atoms with Crippen LogP contribution in [0.5, 0.6) is 0 Å². The third-order valence-electron chi connectivity index (χ3n) is 2.36. The predicted octanol–water partition coefficient (Wildman–Crippen LogP) is 2.35.